The maximum Gasteiger partial charge on any atom is 0.0546 e. The van der Waals surface area contributed by atoms with Crippen molar-refractivity contribution in [3.8, 4) is 66.8 Å². The molecule has 0 aliphatic heterocycles. The molecule has 63 heavy (non-hydrogen) atoms. The maximum atomic E-state index is 2.49. The third kappa shape index (κ3) is 7.06. The van der Waals surface area contributed by atoms with Gasteiger partial charge in [0.1, 0.15) is 0 Å². The highest BCUT2D eigenvalue weighted by Crippen LogP contribution is 2.51. The predicted molar refractivity (Wildman–Crippen MR) is 269 cm³/mol. The van der Waals surface area contributed by atoms with E-state index < -0.39 is 0 Å². The number of nitrogens with zero attached hydrogens (tertiary/aromatic N) is 1. The summed E-state index contributed by atoms with van der Waals surface area (Å²) in [5, 5.41) is 4.88. The standard InChI is InChI=1S/C62H43N/c1-6-21-44(22-7-1)50-39-42-52(57(43-50)46-25-10-3-11-26-46)47-37-40-51(41-38-47)63(58-35-19-18-31-53(58)45-23-8-2-9-24-45)59-36-20-34-56-54-32-16-17-33-55(54)60(48-27-12-4-13-28-48)61(62(56)59)49-29-14-5-15-30-49/h1-43H. The van der Waals surface area contributed by atoms with Crippen molar-refractivity contribution >= 4 is 38.6 Å². The summed E-state index contributed by atoms with van der Waals surface area (Å²) in [4.78, 5) is 2.49. The van der Waals surface area contributed by atoms with Crippen LogP contribution >= 0.6 is 0 Å². The first-order valence-corrected chi connectivity index (χ1v) is 21.7. The quantitative estimate of drug-likeness (QED) is 0.131. The molecule has 0 radical (unpaired) electrons. The van der Waals surface area contributed by atoms with Crippen LogP contribution in [0.15, 0.2) is 261 Å². The molecule has 1 heteroatoms. The first kappa shape index (κ1) is 37.7. The summed E-state index contributed by atoms with van der Waals surface area (Å²) >= 11 is 0. The van der Waals surface area contributed by atoms with Gasteiger partial charge in [0.25, 0.3) is 0 Å². The molecule has 0 spiro atoms. The van der Waals surface area contributed by atoms with Crippen LogP contribution in [0.3, 0.4) is 0 Å². The third-order valence-corrected chi connectivity index (χ3v) is 12.3. The molecule has 11 rings (SSSR count). The lowest BCUT2D eigenvalue weighted by Crippen LogP contribution is -2.12. The number of para-hydroxylation sites is 1. The number of fused-ring (bicyclic) bond motifs is 3. The van der Waals surface area contributed by atoms with Crippen molar-refractivity contribution in [3.05, 3.63) is 261 Å². The summed E-state index contributed by atoms with van der Waals surface area (Å²) in [6.07, 6.45) is 0. The van der Waals surface area contributed by atoms with E-state index in [1.807, 2.05) is 0 Å². The lowest BCUT2D eigenvalue weighted by molar-refractivity contribution is 1.30. The molecule has 1 nitrogen and oxygen atoms in total. The Hall–Kier alpha value is -8.26. The van der Waals surface area contributed by atoms with Gasteiger partial charge in [0.15, 0.2) is 0 Å². The molecule has 0 fully saturated rings. The minimum atomic E-state index is 1.07. The van der Waals surface area contributed by atoms with Crippen molar-refractivity contribution in [1.82, 2.24) is 0 Å². The van der Waals surface area contributed by atoms with Crippen molar-refractivity contribution < 1.29 is 0 Å². The van der Waals surface area contributed by atoms with Gasteiger partial charge in [-0.15, -0.1) is 0 Å². The zero-order valence-electron chi connectivity index (χ0n) is 34.8. The Morgan fingerprint density at radius 3 is 1.30 bits per heavy atom. The van der Waals surface area contributed by atoms with E-state index in [9.17, 15) is 0 Å². The van der Waals surface area contributed by atoms with Crippen LogP contribution in [0.25, 0.3) is 88.3 Å². The minimum Gasteiger partial charge on any atom is -0.309 e. The Labute approximate surface area is 369 Å². The lowest BCUT2D eigenvalue weighted by atomic mass is 9.84. The van der Waals surface area contributed by atoms with Crippen LogP contribution in [-0.2, 0) is 0 Å². The number of benzene rings is 11. The molecule has 0 aliphatic rings. The summed E-state index contributed by atoms with van der Waals surface area (Å²) < 4.78 is 0. The van der Waals surface area contributed by atoms with Crippen molar-refractivity contribution in [2.45, 2.75) is 0 Å². The molecule has 0 atom stereocenters. The van der Waals surface area contributed by atoms with Crippen LogP contribution in [0.2, 0.25) is 0 Å². The summed E-state index contributed by atoms with van der Waals surface area (Å²) in [5.41, 5.74) is 17.6. The van der Waals surface area contributed by atoms with Crippen LogP contribution < -0.4 is 4.90 Å². The van der Waals surface area contributed by atoms with Gasteiger partial charge in [0.05, 0.1) is 11.4 Å². The Bertz CT molecular complexity index is 3340. The molecule has 0 aliphatic carbocycles. The average molecular weight is 802 g/mol. The molecule has 296 valence electrons. The molecular weight excluding hydrogens is 759 g/mol. The molecule has 0 amide bonds. The van der Waals surface area contributed by atoms with Crippen LogP contribution in [-0.4, -0.2) is 0 Å². The van der Waals surface area contributed by atoms with E-state index in [-0.39, 0.29) is 0 Å². The Morgan fingerprint density at radius 2 is 0.667 bits per heavy atom. The molecular formula is C62H43N. The van der Waals surface area contributed by atoms with Gasteiger partial charge >= 0.3 is 0 Å². The Morgan fingerprint density at radius 1 is 0.222 bits per heavy atom. The molecule has 0 N–H and O–H groups in total. The van der Waals surface area contributed by atoms with Gasteiger partial charge < -0.3 is 4.90 Å². The topological polar surface area (TPSA) is 3.24 Å². The lowest BCUT2D eigenvalue weighted by Gasteiger charge is -2.31. The minimum absolute atomic E-state index is 1.07. The highest BCUT2D eigenvalue weighted by molar-refractivity contribution is 6.25. The Kier molecular flexibility index (Phi) is 9.97. The third-order valence-electron chi connectivity index (χ3n) is 12.3. The zero-order chi connectivity index (χ0) is 42.0. The Balaban J connectivity index is 1.18. The van der Waals surface area contributed by atoms with Crippen LogP contribution in [0, 0.1) is 0 Å². The predicted octanol–water partition coefficient (Wildman–Crippen LogP) is 17.5. The zero-order valence-corrected chi connectivity index (χ0v) is 34.8. The van der Waals surface area contributed by atoms with E-state index in [1.165, 1.54) is 77.2 Å². The van der Waals surface area contributed by atoms with Crippen molar-refractivity contribution in [2.24, 2.45) is 0 Å². The van der Waals surface area contributed by atoms with Crippen molar-refractivity contribution in [3.63, 3.8) is 0 Å². The van der Waals surface area contributed by atoms with E-state index >= 15 is 0 Å². The SMILES string of the molecule is c1ccc(-c2ccc(-c3ccc(N(c4ccccc4-c4ccccc4)c4cccc5c4c(-c4ccccc4)c(-c4ccccc4)c4ccccc45)cc3)c(-c3ccccc3)c2)cc1. The number of anilines is 3. The smallest absolute Gasteiger partial charge is 0.0546 e. The van der Waals surface area contributed by atoms with Crippen molar-refractivity contribution in [2.75, 3.05) is 4.90 Å². The van der Waals surface area contributed by atoms with Crippen LogP contribution in [0.1, 0.15) is 0 Å². The molecule has 11 aromatic rings. The second-order valence-corrected chi connectivity index (χ2v) is 16.0. The van der Waals surface area contributed by atoms with E-state index in [1.54, 1.807) is 0 Å². The molecule has 11 aromatic carbocycles. The molecule has 0 unspecified atom stereocenters. The first-order chi connectivity index (χ1) is 31.3. The van der Waals surface area contributed by atoms with Gasteiger partial charge in [-0.05, 0) is 102 Å². The van der Waals surface area contributed by atoms with Gasteiger partial charge in [-0.1, -0.05) is 231 Å². The van der Waals surface area contributed by atoms with Crippen molar-refractivity contribution in [1.29, 1.82) is 0 Å². The normalized spacial score (nSPS) is 11.2. The number of hydrogen-bond donors (Lipinski definition) is 0. The average Bonchev–Trinajstić information content (AvgIpc) is 3.37. The number of rotatable bonds is 9. The fourth-order valence-corrected chi connectivity index (χ4v) is 9.40. The second-order valence-electron chi connectivity index (χ2n) is 16.0. The van der Waals surface area contributed by atoms with Gasteiger partial charge in [0, 0.05) is 22.2 Å². The van der Waals surface area contributed by atoms with E-state index in [0.717, 1.165) is 28.2 Å². The monoisotopic (exact) mass is 801 g/mol. The summed E-state index contributed by atoms with van der Waals surface area (Å²) in [7, 11) is 0. The van der Waals surface area contributed by atoms with Gasteiger partial charge in [-0.3, -0.25) is 0 Å². The fraction of sp³-hybridized carbons (Fsp3) is 0. The van der Waals surface area contributed by atoms with Gasteiger partial charge in [-0.25, -0.2) is 0 Å². The highest BCUT2D eigenvalue weighted by atomic mass is 15.1. The molecule has 0 saturated carbocycles. The first-order valence-electron chi connectivity index (χ1n) is 21.7. The maximum absolute atomic E-state index is 2.49. The summed E-state index contributed by atoms with van der Waals surface area (Å²) in [5.74, 6) is 0. The van der Waals surface area contributed by atoms with Gasteiger partial charge in [-0.2, -0.15) is 0 Å². The summed E-state index contributed by atoms with van der Waals surface area (Å²) in [6.45, 7) is 0. The highest BCUT2D eigenvalue weighted by Gasteiger charge is 2.25. The van der Waals surface area contributed by atoms with Crippen LogP contribution in [0.5, 0.6) is 0 Å². The fourth-order valence-electron chi connectivity index (χ4n) is 9.40. The van der Waals surface area contributed by atoms with Gasteiger partial charge in [0.2, 0.25) is 0 Å². The number of hydrogen-bond acceptors (Lipinski definition) is 1. The second kappa shape index (κ2) is 16.7. The molecule has 0 bridgehead atoms. The van der Waals surface area contributed by atoms with Crippen LogP contribution in [0.4, 0.5) is 17.1 Å². The molecule has 0 heterocycles. The van der Waals surface area contributed by atoms with E-state index in [4.69, 9.17) is 0 Å². The molecule has 0 aromatic heterocycles. The molecule has 0 saturated heterocycles. The largest absolute Gasteiger partial charge is 0.309 e. The van der Waals surface area contributed by atoms with E-state index in [2.05, 4.69) is 266 Å². The summed E-state index contributed by atoms with van der Waals surface area (Å²) in [6, 6.07) is 94.7. The van der Waals surface area contributed by atoms with E-state index in [0.29, 0.717) is 0 Å².